The van der Waals surface area contributed by atoms with Gasteiger partial charge in [-0.15, -0.1) is 0 Å². The molecule has 74 heavy (non-hydrogen) atoms. The number of nitrogens with zero attached hydrogens (tertiary/aromatic N) is 4. The third-order valence-electron chi connectivity index (χ3n) is 8.46. The minimum atomic E-state index is -6.09. The average molecular weight is 1240 g/mol. The van der Waals surface area contributed by atoms with Gasteiger partial charge in [-0.3, -0.25) is 19.9 Å². The van der Waals surface area contributed by atoms with Gasteiger partial charge in [-0.2, -0.15) is 26.3 Å². The molecular weight excluding hydrogens is 1190 g/mol. The van der Waals surface area contributed by atoms with Crippen LogP contribution in [0.5, 0.6) is 0 Å². The fourth-order valence-corrected chi connectivity index (χ4v) is 4.92. The van der Waals surface area contributed by atoms with Crippen LogP contribution in [0.2, 0.25) is 0 Å². The number of alkyl halides is 6. The Morgan fingerprint density at radius 2 is 0.405 bits per heavy atom. The topological polar surface area (TPSA) is 166 Å². The second kappa shape index (κ2) is 35.5. The first-order valence-corrected chi connectivity index (χ1v) is 23.7. The van der Waals surface area contributed by atoms with Gasteiger partial charge in [0.1, 0.15) is 0 Å². The Hall–Kier alpha value is -6.68. The SMILES string of the molecule is C(=C\c1ccncc1)/c1ccccc1.C(=C\c1ccncc1)/c1ccccc1.C(=C\c1ccncc1)/c1ccccc1.C(=C\c1ccncc1)/c1ccccc1.O=S(=O)([O-])C(F)(F)F.O=S(=O)([O-])C(F)(F)F.[Ag+].[Ag+]. The van der Waals surface area contributed by atoms with E-state index < -0.39 is 31.3 Å². The van der Waals surface area contributed by atoms with E-state index in [0.29, 0.717) is 0 Å². The summed E-state index contributed by atoms with van der Waals surface area (Å²) in [5.74, 6) is 0. The normalized spacial score (nSPS) is 11.0. The molecule has 0 saturated heterocycles. The zero-order chi connectivity index (χ0) is 52.6. The van der Waals surface area contributed by atoms with Gasteiger partial charge in [0.25, 0.3) is 0 Å². The molecule has 0 fully saturated rings. The Kier molecular flexibility index (Phi) is 31.3. The number of pyridine rings is 4. The van der Waals surface area contributed by atoms with Crippen LogP contribution in [-0.2, 0) is 65.0 Å². The van der Waals surface area contributed by atoms with Crippen molar-refractivity contribution < 1.29 is 97.0 Å². The Balaban J connectivity index is 0.000000448. The van der Waals surface area contributed by atoms with Crippen molar-refractivity contribution >= 4 is 68.8 Å². The summed E-state index contributed by atoms with van der Waals surface area (Å²) < 4.78 is 118. The molecule has 4 aromatic heterocycles. The minimum Gasteiger partial charge on any atom is -0.741 e. The molecule has 0 amide bonds. The number of benzene rings is 4. The van der Waals surface area contributed by atoms with Crippen LogP contribution in [-0.4, -0.2) is 56.9 Å². The summed E-state index contributed by atoms with van der Waals surface area (Å²) in [6.07, 6.45) is 31.1. The van der Waals surface area contributed by atoms with Crippen molar-refractivity contribution in [2.75, 3.05) is 0 Å². The molecule has 0 aliphatic rings. The van der Waals surface area contributed by atoms with Crippen molar-refractivity contribution in [3.63, 3.8) is 0 Å². The van der Waals surface area contributed by atoms with Crippen LogP contribution in [0.3, 0.4) is 0 Å². The van der Waals surface area contributed by atoms with Crippen LogP contribution in [0.25, 0.3) is 48.6 Å². The summed E-state index contributed by atoms with van der Waals surface area (Å²) >= 11 is 0. The van der Waals surface area contributed by atoms with Crippen LogP contribution in [0.1, 0.15) is 44.5 Å². The van der Waals surface area contributed by atoms with E-state index in [-0.39, 0.29) is 44.8 Å². The van der Waals surface area contributed by atoms with Crippen molar-refractivity contribution in [2.24, 2.45) is 0 Å². The zero-order valence-corrected chi connectivity index (χ0v) is 42.9. The Labute approximate surface area is 457 Å². The second-order valence-electron chi connectivity index (χ2n) is 13.9. The van der Waals surface area contributed by atoms with Gasteiger partial charge < -0.3 is 9.11 Å². The Bertz CT molecular complexity index is 2520. The molecule has 0 unspecified atom stereocenters. The number of hydrogen-bond donors (Lipinski definition) is 0. The Morgan fingerprint density at radius 3 is 0.527 bits per heavy atom. The number of hydrogen-bond acceptors (Lipinski definition) is 10. The maximum atomic E-state index is 10.7. The van der Waals surface area contributed by atoms with E-state index in [1.165, 1.54) is 44.5 Å². The standard InChI is InChI=1S/4C13H11N.2CHF3O3S.2Ag/c4*1-2-4-12(5-3-1)6-7-13-8-10-14-11-9-13;2*2-1(3,4)8(5,6)7;;/h4*1-11H;2*(H,5,6,7);;/q;;;;;;2*+1/p-2/b4*7-6+;;;;. The van der Waals surface area contributed by atoms with Crippen molar-refractivity contribution in [3.05, 3.63) is 264 Å². The quantitative estimate of drug-likeness (QED) is 0.0618. The molecule has 0 aliphatic carbocycles. The van der Waals surface area contributed by atoms with Gasteiger partial charge in [-0.1, -0.05) is 170 Å². The third kappa shape index (κ3) is 29.7. The molecule has 10 nitrogen and oxygen atoms in total. The molecule has 0 aliphatic heterocycles. The molecule has 392 valence electrons. The zero-order valence-electron chi connectivity index (χ0n) is 38.3. The first-order chi connectivity index (χ1) is 34.3. The van der Waals surface area contributed by atoms with E-state index in [2.05, 4.69) is 117 Å². The van der Waals surface area contributed by atoms with E-state index in [4.69, 9.17) is 25.9 Å². The summed E-state index contributed by atoms with van der Waals surface area (Å²) in [7, 11) is -12.2. The molecule has 0 atom stereocenters. The molecule has 0 radical (unpaired) electrons. The fourth-order valence-electron chi connectivity index (χ4n) is 4.92. The van der Waals surface area contributed by atoms with Crippen LogP contribution < -0.4 is 0 Å². The molecule has 0 spiro atoms. The third-order valence-corrected chi connectivity index (χ3v) is 9.60. The summed E-state index contributed by atoms with van der Waals surface area (Å²) in [6, 6.07) is 56.9. The number of aromatic nitrogens is 4. The maximum Gasteiger partial charge on any atom is 1.00 e. The molecular formula is C54H44Ag2F6N4O6S2. The predicted octanol–water partition coefficient (Wildman–Crippen LogP) is 13.1. The molecule has 0 bridgehead atoms. The molecule has 8 rings (SSSR count). The number of halogens is 6. The van der Waals surface area contributed by atoms with Crippen LogP contribution in [0.15, 0.2) is 219 Å². The molecule has 4 aromatic carbocycles. The van der Waals surface area contributed by atoms with Gasteiger partial charge in [0.05, 0.1) is 0 Å². The van der Waals surface area contributed by atoms with Gasteiger partial charge in [-0.05, 0) is 93.0 Å². The van der Waals surface area contributed by atoms with Crippen molar-refractivity contribution in [1.29, 1.82) is 0 Å². The summed E-state index contributed by atoms with van der Waals surface area (Å²) in [5.41, 5.74) is -1.76. The Morgan fingerprint density at radius 1 is 0.284 bits per heavy atom. The van der Waals surface area contributed by atoms with Gasteiger partial charge in [0, 0.05) is 49.6 Å². The van der Waals surface area contributed by atoms with Crippen LogP contribution >= 0.6 is 0 Å². The summed E-state index contributed by atoms with van der Waals surface area (Å²) in [5, 5.41) is 0. The van der Waals surface area contributed by atoms with E-state index in [0.717, 1.165) is 0 Å². The fraction of sp³-hybridized carbons (Fsp3) is 0.0370. The van der Waals surface area contributed by atoms with Crippen LogP contribution in [0, 0.1) is 0 Å². The van der Waals surface area contributed by atoms with E-state index >= 15 is 0 Å². The molecule has 4 heterocycles. The number of rotatable bonds is 8. The molecule has 20 heteroatoms. The van der Waals surface area contributed by atoms with Crippen molar-refractivity contribution in [1.82, 2.24) is 19.9 Å². The first kappa shape index (κ1) is 65.3. The van der Waals surface area contributed by atoms with Crippen molar-refractivity contribution in [2.45, 2.75) is 11.0 Å². The summed E-state index contributed by atoms with van der Waals surface area (Å²) in [4.78, 5) is 15.9. The van der Waals surface area contributed by atoms with E-state index in [1.54, 1.807) is 49.6 Å². The second-order valence-corrected chi connectivity index (χ2v) is 16.6. The average Bonchev–Trinajstić information content (AvgIpc) is 3.38. The molecule has 8 aromatic rings. The van der Waals surface area contributed by atoms with Gasteiger partial charge >= 0.3 is 55.8 Å². The smallest absolute Gasteiger partial charge is 0.741 e. The summed E-state index contributed by atoms with van der Waals surface area (Å²) in [6.45, 7) is 0. The monoisotopic (exact) mass is 1240 g/mol. The van der Waals surface area contributed by atoms with Crippen LogP contribution in [0.4, 0.5) is 26.3 Å². The minimum absolute atomic E-state index is 0. The molecule has 0 saturated carbocycles. The predicted molar refractivity (Wildman–Crippen MR) is 270 cm³/mol. The first-order valence-electron chi connectivity index (χ1n) is 20.9. The van der Waals surface area contributed by atoms with E-state index in [9.17, 15) is 26.3 Å². The van der Waals surface area contributed by atoms with Gasteiger partial charge in [-0.25, -0.2) is 16.8 Å². The van der Waals surface area contributed by atoms with Crippen molar-refractivity contribution in [3.8, 4) is 0 Å². The largest absolute Gasteiger partial charge is 1.00 e. The van der Waals surface area contributed by atoms with Gasteiger partial charge in [0.15, 0.2) is 20.2 Å². The maximum absolute atomic E-state index is 10.7. The van der Waals surface area contributed by atoms with E-state index in [1.807, 2.05) is 121 Å². The van der Waals surface area contributed by atoms with Gasteiger partial charge in [0.2, 0.25) is 0 Å². The molecule has 0 N–H and O–H groups in total.